The van der Waals surface area contributed by atoms with Crippen LogP contribution >= 0.6 is 12.4 Å². The molecule has 0 saturated carbocycles. The fourth-order valence-corrected chi connectivity index (χ4v) is 2.69. The van der Waals surface area contributed by atoms with E-state index in [1.165, 1.54) is 0 Å². The summed E-state index contributed by atoms with van der Waals surface area (Å²) in [5, 5.41) is 19.1. The number of rotatable bonds is 8. The Labute approximate surface area is 147 Å². The third-order valence-corrected chi connectivity index (χ3v) is 4.31. The first-order valence-corrected chi connectivity index (χ1v) is 7.87. The summed E-state index contributed by atoms with van der Waals surface area (Å²) < 4.78 is 7.28. The first-order chi connectivity index (χ1) is 11.0. The minimum absolute atomic E-state index is 0. The number of Topliss-reactive ketones (excluding diaryl/α,β-unsaturated/α-hetero) is 1. The quantitative estimate of drug-likeness (QED) is 0.709. The molecule has 7 heteroatoms. The molecule has 0 spiro atoms. The molecule has 0 fully saturated rings. The van der Waals surface area contributed by atoms with Crippen LogP contribution in [0.5, 0.6) is 5.75 Å². The molecule has 0 radical (unpaired) electrons. The predicted octanol–water partition coefficient (Wildman–Crippen LogP) is 2.42. The zero-order valence-corrected chi connectivity index (χ0v) is 15.1. The maximum atomic E-state index is 12.8. The number of hydrogen-bond donors (Lipinski definition) is 2. The zero-order chi connectivity index (χ0) is 17.0. The number of imidazole rings is 1. The van der Waals surface area contributed by atoms with Crippen molar-refractivity contribution in [2.45, 2.75) is 33.6 Å². The van der Waals surface area contributed by atoms with Crippen molar-refractivity contribution < 1.29 is 19.7 Å². The number of hydrogen-bond acceptors (Lipinski definition) is 5. The van der Waals surface area contributed by atoms with Gasteiger partial charge in [-0.15, -0.1) is 12.4 Å². The molecular weight excluding hydrogens is 332 g/mol. The molecule has 0 saturated heterocycles. The van der Waals surface area contributed by atoms with E-state index in [1.807, 2.05) is 19.9 Å². The van der Waals surface area contributed by atoms with E-state index in [2.05, 4.69) is 4.98 Å². The van der Waals surface area contributed by atoms with Crippen molar-refractivity contribution in [2.75, 3.05) is 19.8 Å². The highest BCUT2D eigenvalue weighted by Gasteiger charge is 2.32. The predicted molar refractivity (Wildman–Crippen MR) is 94.2 cm³/mol. The van der Waals surface area contributed by atoms with Gasteiger partial charge in [-0.05, 0) is 32.4 Å². The molecule has 24 heavy (non-hydrogen) atoms. The van der Waals surface area contributed by atoms with Crippen LogP contribution in [0, 0.1) is 12.3 Å². The van der Waals surface area contributed by atoms with Crippen LogP contribution in [0.25, 0.3) is 5.65 Å². The maximum absolute atomic E-state index is 12.8. The van der Waals surface area contributed by atoms with Crippen LogP contribution in [0.15, 0.2) is 18.3 Å². The third-order valence-electron chi connectivity index (χ3n) is 4.31. The van der Waals surface area contributed by atoms with Crippen molar-refractivity contribution >= 4 is 23.8 Å². The number of aryl methyl sites for hydroxylation is 1. The normalized spacial score (nSPS) is 11.4. The number of fused-ring (bicyclic) bond motifs is 1. The lowest BCUT2D eigenvalue weighted by Crippen LogP contribution is -2.32. The molecular formula is C17H25ClN2O4. The molecule has 0 atom stereocenters. The second kappa shape index (κ2) is 8.46. The van der Waals surface area contributed by atoms with Crippen LogP contribution in [0.1, 0.15) is 42.9 Å². The number of aromatic nitrogens is 2. The van der Waals surface area contributed by atoms with Crippen molar-refractivity contribution in [1.29, 1.82) is 0 Å². The standard InChI is InChI=1S/C17H24N2O4.ClH/c1-4-17(10-20,11-21)9-13(22)15-12(3)18-16-14(23-5-2)7-6-8-19(15)16;/h6-8,20-21H,4-5,9-11H2,1-3H3;1H. The zero-order valence-electron chi connectivity index (χ0n) is 14.3. The monoisotopic (exact) mass is 356 g/mol. The highest BCUT2D eigenvalue weighted by Crippen LogP contribution is 2.29. The van der Waals surface area contributed by atoms with E-state index in [-0.39, 0.29) is 37.8 Å². The molecule has 2 aromatic rings. The summed E-state index contributed by atoms with van der Waals surface area (Å²) in [5.74, 6) is 0.483. The first kappa shape index (κ1) is 20.4. The molecule has 0 aliphatic rings. The molecule has 0 amide bonds. The fourth-order valence-electron chi connectivity index (χ4n) is 2.69. The van der Waals surface area contributed by atoms with Gasteiger partial charge in [-0.1, -0.05) is 6.92 Å². The van der Waals surface area contributed by atoms with E-state index < -0.39 is 5.41 Å². The van der Waals surface area contributed by atoms with Gasteiger partial charge >= 0.3 is 0 Å². The van der Waals surface area contributed by atoms with Crippen LogP contribution in [-0.2, 0) is 0 Å². The van der Waals surface area contributed by atoms with E-state index in [4.69, 9.17) is 4.74 Å². The summed E-state index contributed by atoms with van der Waals surface area (Å²) in [7, 11) is 0. The molecule has 6 nitrogen and oxygen atoms in total. The van der Waals surface area contributed by atoms with Crippen LogP contribution < -0.4 is 4.74 Å². The minimum atomic E-state index is -0.800. The number of halogens is 1. The largest absolute Gasteiger partial charge is 0.490 e. The molecule has 0 aliphatic carbocycles. The second-order valence-electron chi connectivity index (χ2n) is 5.81. The van der Waals surface area contributed by atoms with Gasteiger partial charge in [-0.25, -0.2) is 4.98 Å². The van der Waals surface area contributed by atoms with Crippen molar-refractivity contribution in [1.82, 2.24) is 9.38 Å². The van der Waals surface area contributed by atoms with E-state index in [0.29, 0.717) is 35.8 Å². The lowest BCUT2D eigenvalue weighted by Gasteiger charge is -2.27. The fraction of sp³-hybridized carbons (Fsp3) is 0.529. The second-order valence-corrected chi connectivity index (χ2v) is 5.81. The Morgan fingerprint density at radius 2 is 2.00 bits per heavy atom. The maximum Gasteiger partial charge on any atom is 0.182 e. The van der Waals surface area contributed by atoms with E-state index in [1.54, 1.807) is 23.6 Å². The molecule has 134 valence electrons. The van der Waals surface area contributed by atoms with Gasteiger partial charge in [0.2, 0.25) is 0 Å². The number of ketones is 1. The summed E-state index contributed by atoms with van der Waals surface area (Å²) in [6, 6.07) is 3.62. The van der Waals surface area contributed by atoms with Crippen LogP contribution in [0.3, 0.4) is 0 Å². The highest BCUT2D eigenvalue weighted by molar-refractivity contribution is 5.97. The van der Waals surface area contributed by atoms with Gasteiger partial charge in [-0.2, -0.15) is 0 Å². The Morgan fingerprint density at radius 1 is 1.33 bits per heavy atom. The van der Waals surface area contributed by atoms with Crippen molar-refractivity contribution in [3.63, 3.8) is 0 Å². The van der Waals surface area contributed by atoms with Gasteiger partial charge in [0.1, 0.15) is 5.69 Å². The van der Waals surface area contributed by atoms with Gasteiger partial charge in [0.25, 0.3) is 0 Å². The highest BCUT2D eigenvalue weighted by atomic mass is 35.5. The lowest BCUT2D eigenvalue weighted by molar-refractivity contribution is 0.0399. The summed E-state index contributed by atoms with van der Waals surface area (Å²) in [6.45, 7) is 5.58. The molecule has 2 rings (SSSR count). The molecule has 2 N–H and O–H groups in total. The van der Waals surface area contributed by atoms with Crippen LogP contribution in [0.4, 0.5) is 0 Å². The van der Waals surface area contributed by atoms with Gasteiger partial charge in [0, 0.05) is 18.0 Å². The minimum Gasteiger partial charge on any atom is -0.490 e. The Bertz CT molecular complexity index is 687. The topological polar surface area (TPSA) is 84.1 Å². The molecule has 0 unspecified atom stereocenters. The van der Waals surface area contributed by atoms with Crippen molar-refractivity contribution in [3.05, 3.63) is 29.7 Å². The van der Waals surface area contributed by atoms with Crippen molar-refractivity contribution in [3.8, 4) is 5.75 Å². The average Bonchev–Trinajstić information content (AvgIpc) is 2.90. The average molecular weight is 357 g/mol. The Kier molecular flexibility index (Phi) is 7.20. The van der Waals surface area contributed by atoms with Gasteiger partial charge in [0.05, 0.1) is 25.5 Å². The summed E-state index contributed by atoms with van der Waals surface area (Å²) in [6.07, 6.45) is 2.37. The number of aliphatic hydroxyl groups excluding tert-OH is 2. The molecule has 0 aromatic carbocycles. The first-order valence-electron chi connectivity index (χ1n) is 7.87. The van der Waals surface area contributed by atoms with Gasteiger partial charge in [0.15, 0.2) is 17.2 Å². The summed E-state index contributed by atoms with van der Waals surface area (Å²) >= 11 is 0. The SMILES string of the molecule is CCOc1cccn2c(C(=O)CC(CC)(CO)CO)c(C)nc12.Cl. The van der Waals surface area contributed by atoms with Crippen LogP contribution in [0.2, 0.25) is 0 Å². The number of carbonyl (C=O) groups excluding carboxylic acids is 1. The van der Waals surface area contributed by atoms with Crippen LogP contribution in [-0.4, -0.2) is 45.2 Å². The van der Waals surface area contributed by atoms with Gasteiger partial charge < -0.3 is 14.9 Å². The van der Waals surface area contributed by atoms with Gasteiger partial charge in [-0.3, -0.25) is 9.20 Å². The van der Waals surface area contributed by atoms with E-state index in [9.17, 15) is 15.0 Å². The number of pyridine rings is 1. The van der Waals surface area contributed by atoms with E-state index >= 15 is 0 Å². The van der Waals surface area contributed by atoms with E-state index in [0.717, 1.165) is 0 Å². The Hall–Kier alpha value is -1.63. The molecule has 2 aromatic heterocycles. The summed E-state index contributed by atoms with van der Waals surface area (Å²) in [5.41, 5.74) is 0.889. The smallest absolute Gasteiger partial charge is 0.182 e. The Balaban J connectivity index is 0.00000288. The van der Waals surface area contributed by atoms with Crippen molar-refractivity contribution in [2.24, 2.45) is 5.41 Å². The summed E-state index contributed by atoms with van der Waals surface area (Å²) in [4.78, 5) is 17.2. The molecule has 0 bridgehead atoms. The number of aliphatic hydroxyl groups is 2. The molecule has 2 heterocycles. The number of carbonyl (C=O) groups is 1. The Morgan fingerprint density at radius 3 is 2.54 bits per heavy atom. The number of nitrogens with zero attached hydrogens (tertiary/aromatic N) is 2. The lowest BCUT2D eigenvalue weighted by atomic mass is 9.81. The molecule has 0 aliphatic heterocycles. The number of ether oxygens (including phenoxy) is 1. The third kappa shape index (κ3) is 3.71.